The largest absolute Gasteiger partial charge is 0.0584 e. The van der Waals surface area contributed by atoms with Crippen LogP contribution in [0.15, 0.2) is 18.2 Å². The summed E-state index contributed by atoms with van der Waals surface area (Å²) in [5, 5.41) is 0. The lowest BCUT2D eigenvalue weighted by Gasteiger charge is -2.12. The highest BCUT2D eigenvalue weighted by Gasteiger charge is 2.19. The minimum atomic E-state index is 0.817. The highest BCUT2D eigenvalue weighted by atomic mass is 14.2. The Morgan fingerprint density at radius 1 is 0.812 bits per heavy atom. The zero-order valence-corrected chi connectivity index (χ0v) is 10.0. The van der Waals surface area contributed by atoms with Crippen LogP contribution >= 0.6 is 0 Å². The molecule has 0 aromatic heterocycles. The SMILES string of the molecule is [c]1cc(C2CCCC2)ccc1C1CCCC1. The van der Waals surface area contributed by atoms with E-state index in [-0.39, 0.29) is 0 Å². The van der Waals surface area contributed by atoms with Crippen molar-refractivity contribution in [2.45, 2.75) is 63.2 Å². The van der Waals surface area contributed by atoms with Gasteiger partial charge >= 0.3 is 0 Å². The topological polar surface area (TPSA) is 0 Å². The standard InChI is InChI=1S/C16H21/c1-2-6-13(5-1)15-9-11-16(12-10-15)14-7-3-4-8-14/h9-11,13-14H,1-8H2. The van der Waals surface area contributed by atoms with Crippen LogP contribution in [0.3, 0.4) is 0 Å². The zero-order valence-electron chi connectivity index (χ0n) is 10.0. The fourth-order valence-corrected chi connectivity index (χ4v) is 3.45. The summed E-state index contributed by atoms with van der Waals surface area (Å²) >= 11 is 0. The molecular weight excluding hydrogens is 192 g/mol. The summed E-state index contributed by atoms with van der Waals surface area (Å²) in [5.41, 5.74) is 3.01. The summed E-state index contributed by atoms with van der Waals surface area (Å²) < 4.78 is 0. The van der Waals surface area contributed by atoms with Crippen molar-refractivity contribution in [1.29, 1.82) is 0 Å². The molecule has 0 bridgehead atoms. The number of benzene rings is 1. The van der Waals surface area contributed by atoms with Gasteiger partial charge in [-0.2, -0.15) is 0 Å². The van der Waals surface area contributed by atoms with Gasteiger partial charge in [0.2, 0.25) is 0 Å². The summed E-state index contributed by atoms with van der Waals surface area (Å²) in [5.74, 6) is 1.66. The van der Waals surface area contributed by atoms with Crippen LogP contribution in [0.4, 0.5) is 0 Å². The van der Waals surface area contributed by atoms with E-state index in [0.29, 0.717) is 0 Å². The third-order valence-corrected chi connectivity index (χ3v) is 4.48. The highest BCUT2D eigenvalue weighted by Crippen LogP contribution is 2.37. The van der Waals surface area contributed by atoms with Crippen LogP contribution in [-0.4, -0.2) is 0 Å². The van der Waals surface area contributed by atoms with E-state index < -0.39 is 0 Å². The average molecular weight is 213 g/mol. The molecular formula is C16H21. The first-order valence-corrected chi connectivity index (χ1v) is 6.95. The fourth-order valence-electron chi connectivity index (χ4n) is 3.45. The number of hydrogen-bond acceptors (Lipinski definition) is 0. The molecule has 0 saturated heterocycles. The zero-order chi connectivity index (χ0) is 10.8. The van der Waals surface area contributed by atoms with Gasteiger partial charge in [-0.15, -0.1) is 0 Å². The molecule has 0 N–H and O–H groups in total. The second kappa shape index (κ2) is 4.61. The first-order chi connectivity index (χ1) is 7.93. The molecule has 0 spiro atoms. The third kappa shape index (κ3) is 2.03. The lowest BCUT2D eigenvalue weighted by molar-refractivity contribution is 0.708. The van der Waals surface area contributed by atoms with Crippen molar-refractivity contribution in [1.82, 2.24) is 0 Å². The second-order valence-electron chi connectivity index (χ2n) is 5.54. The monoisotopic (exact) mass is 213 g/mol. The molecule has 3 rings (SSSR count). The van der Waals surface area contributed by atoms with E-state index in [1.807, 2.05) is 0 Å². The van der Waals surface area contributed by atoms with E-state index in [2.05, 4.69) is 24.3 Å². The van der Waals surface area contributed by atoms with E-state index in [1.54, 1.807) is 5.56 Å². The van der Waals surface area contributed by atoms with Crippen molar-refractivity contribution in [3.8, 4) is 0 Å². The number of rotatable bonds is 2. The Bertz CT molecular complexity index is 289. The van der Waals surface area contributed by atoms with Crippen molar-refractivity contribution in [2.75, 3.05) is 0 Å². The maximum Gasteiger partial charge on any atom is -0.0143 e. The van der Waals surface area contributed by atoms with Gasteiger partial charge < -0.3 is 0 Å². The van der Waals surface area contributed by atoms with Gasteiger partial charge in [0.05, 0.1) is 0 Å². The van der Waals surface area contributed by atoms with Gasteiger partial charge in [-0.1, -0.05) is 43.9 Å². The Kier molecular flexibility index (Phi) is 2.99. The molecule has 16 heavy (non-hydrogen) atoms. The molecule has 2 aliphatic carbocycles. The van der Waals surface area contributed by atoms with Crippen molar-refractivity contribution in [2.24, 2.45) is 0 Å². The molecule has 0 amide bonds. The Hall–Kier alpha value is -0.780. The molecule has 0 aliphatic heterocycles. The maximum absolute atomic E-state index is 3.56. The van der Waals surface area contributed by atoms with Gasteiger partial charge in [-0.3, -0.25) is 0 Å². The molecule has 2 fully saturated rings. The van der Waals surface area contributed by atoms with E-state index in [4.69, 9.17) is 0 Å². The highest BCUT2D eigenvalue weighted by molar-refractivity contribution is 5.27. The quantitative estimate of drug-likeness (QED) is 0.662. The van der Waals surface area contributed by atoms with Crippen LogP contribution < -0.4 is 0 Å². The Balaban J connectivity index is 1.73. The predicted octanol–water partition coefficient (Wildman–Crippen LogP) is 4.80. The molecule has 2 aliphatic rings. The summed E-state index contributed by atoms with van der Waals surface area (Å²) in [4.78, 5) is 0. The molecule has 85 valence electrons. The van der Waals surface area contributed by atoms with E-state index in [9.17, 15) is 0 Å². The lowest BCUT2D eigenvalue weighted by atomic mass is 9.92. The molecule has 1 aromatic rings. The van der Waals surface area contributed by atoms with Gasteiger partial charge in [0.15, 0.2) is 0 Å². The van der Waals surface area contributed by atoms with Crippen LogP contribution in [0.1, 0.15) is 74.3 Å². The summed E-state index contributed by atoms with van der Waals surface area (Å²) in [6, 6.07) is 10.6. The van der Waals surface area contributed by atoms with E-state index >= 15 is 0 Å². The van der Waals surface area contributed by atoms with Crippen molar-refractivity contribution in [3.05, 3.63) is 35.4 Å². The third-order valence-electron chi connectivity index (χ3n) is 4.48. The Morgan fingerprint density at radius 2 is 1.44 bits per heavy atom. The summed E-state index contributed by atoms with van der Waals surface area (Å²) in [7, 11) is 0. The van der Waals surface area contributed by atoms with E-state index in [0.717, 1.165) is 11.8 Å². The molecule has 0 heterocycles. The van der Waals surface area contributed by atoms with Gasteiger partial charge in [-0.25, -0.2) is 0 Å². The average Bonchev–Trinajstić information content (AvgIpc) is 3.03. The van der Waals surface area contributed by atoms with Crippen LogP contribution in [0.25, 0.3) is 0 Å². The van der Waals surface area contributed by atoms with Crippen LogP contribution in [0.2, 0.25) is 0 Å². The Morgan fingerprint density at radius 3 is 2.00 bits per heavy atom. The molecule has 0 unspecified atom stereocenters. The van der Waals surface area contributed by atoms with Crippen LogP contribution in [0.5, 0.6) is 0 Å². The minimum Gasteiger partial charge on any atom is -0.0584 e. The lowest BCUT2D eigenvalue weighted by Crippen LogP contribution is -1.96. The van der Waals surface area contributed by atoms with Crippen LogP contribution in [0, 0.1) is 6.07 Å². The van der Waals surface area contributed by atoms with Crippen molar-refractivity contribution < 1.29 is 0 Å². The minimum absolute atomic E-state index is 0.817. The summed E-state index contributed by atoms with van der Waals surface area (Å²) in [6.07, 6.45) is 11.3. The first kappa shape index (κ1) is 10.4. The molecule has 1 aromatic carbocycles. The molecule has 0 nitrogen and oxygen atoms in total. The van der Waals surface area contributed by atoms with Crippen molar-refractivity contribution in [3.63, 3.8) is 0 Å². The summed E-state index contributed by atoms with van der Waals surface area (Å²) in [6.45, 7) is 0. The molecule has 0 heteroatoms. The molecule has 0 atom stereocenters. The van der Waals surface area contributed by atoms with Gasteiger partial charge in [0.25, 0.3) is 0 Å². The predicted molar refractivity (Wildman–Crippen MR) is 67.7 cm³/mol. The van der Waals surface area contributed by atoms with E-state index in [1.165, 1.54) is 56.9 Å². The normalized spacial score (nSPS) is 23.0. The smallest absolute Gasteiger partial charge is 0.0143 e. The molecule has 1 radical (unpaired) electrons. The maximum atomic E-state index is 3.56. The van der Waals surface area contributed by atoms with Gasteiger partial charge in [0, 0.05) is 0 Å². The Labute approximate surface area is 99.1 Å². The first-order valence-electron chi connectivity index (χ1n) is 6.95. The second-order valence-corrected chi connectivity index (χ2v) is 5.54. The fraction of sp³-hybridized carbons (Fsp3) is 0.625. The number of hydrogen-bond donors (Lipinski definition) is 0. The van der Waals surface area contributed by atoms with Gasteiger partial charge in [0.1, 0.15) is 0 Å². The van der Waals surface area contributed by atoms with Gasteiger partial charge in [-0.05, 0) is 54.7 Å². The molecule has 2 saturated carbocycles. The van der Waals surface area contributed by atoms with Crippen LogP contribution in [-0.2, 0) is 0 Å². The van der Waals surface area contributed by atoms with Crippen molar-refractivity contribution >= 4 is 0 Å².